The molecule has 4 heteroatoms. The summed E-state index contributed by atoms with van der Waals surface area (Å²) in [7, 11) is 1.74. The topological polar surface area (TPSA) is 41.6 Å². The number of hydrogen-bond acceptors (Lipinski definition) is 2. The summed E-state index contributed by atoms with van der Waals surface area (Å²) in [5.74, 6) is 0. The Hall–Kier alpha value is -1.55. The monoisotopic (exact) mass is 304 g/mol. The van der Waals surface area contributed by atoms with Gasteiger partial charge in [-0.2, -0.15) is 0 Å². The molecule has 4 nitrogen and oxygen atoms in total. The largest absolute Gasteiger partial charge is 0.381 e. The number of urea groups is 1. The molecule has 0 spiro atoms. The quantitative estimate of drug-likeness (QED) is 0.929. The Bertz CT molecular complexity index is 488. The first kappa shape index (κ1) is 16.8. The molecule has 1 unspecified atom stereocenters. The lowest BCUT2D eigenvalue weighted by atomic mass is 10.0. The van der Waals surface area contributed by atoms with Gasteiger partial charge in [0, 0.05) is 26.2 Å². The van der Waals surface area contributed by atoms with Gasteiger partial charge in [-0.05, 0) is 45.6 Å². The van der Waals surface area contributed by atoms with E-state index in [9.17, 15) is 4.79 Å². The number of carbonyl (C=O) groups is 1. The van der Waals surface area contributed by atoms with Crippen LogP contribution < -0.4 is 5.32 Å². The van der Waals surface area contributed by atoms with Crippen LogP contribution in [0.5, 0.6) is 0 Å². The summed E-state index contributed by atoms with van der Waals surface area (Å²) >= 11 is 0. The molecule has 1 aromatic rings. The maximum atomic E-state index is 12.3. The first-order chi connectivity index (χ1) is 10.5. The Labute approximate surface area is 133 Å². The number of likely N-dealkylation sites (tertiary alicyclic amines) is 1. The number of ether oxygens (including phenoxy) is 1. The molecule has 0 saturated carbocycles. The van der Waals surface area contributed by atoms with E-state index in [1.54, 1.807) is 7.11 Å². The number of rotatable bonds is 4. The fourth-order valence-corrected chi connectivity index (χ4v) is 3.19. The SMILES string of the molecule is COC1CCN(C(=O)NC(C)Cc2cc(C)cc(C)c2)CC1. The van der Waals surface area contributed by atoms with E-state index in [0.29, 0.717) is 6.10 Å². The second-order valence-corrected chi connectivity index (χ2v) is 6.47. The summed E-state index contributed by atoms with van der Waals surface area (Å²) in [5.41, 5.74) is 3.83. The van der Waals surface area contributed by atoms with Crippen LogP contribution in [0.3, 0.4) is 0 Å². The van der Waals surface area contributed by atoms with E-state index >= 15 is 0 Å². The summed E-state index contributed by atoms with van der Waals surface area (Å²) in [5, 5.41) is 3.12. The van der Waals surface area contributed by atoms with Gasteiger partial charge in [0.05, 0.1) is 6.10 Å². The molecule has 2 rings (SSSR count). The van der Waals surface area contributed by atoms with Gasteiger partial charge >= 0.3 is 6.03 Å². The zero-order valence-electron chi connectivity index (χ0n) is 14.2. The molecule has 0 aromatic heterocycles. The Morgan fingerprint density at radius 2 is 1.86 bits per heavy atom. The van der Waals surface area contributed by atoms with Crippen LogP contribution in [0.25, 0.3) is 0 Å². The summed E-state index contributed by atoms with van der Waals surface area (Å²) in [4.78, 5) is 14.2. The Balaban J connectivity index is 1.83. The predicted molar refractivity (Wildman–Crippen MR) is 89.2 cm³/mol. The van der Waals surface area contributed by atoms with Gasteiger partial charge in [0.2, 0.25) is 0 Å². The van der Waals surface area contributed by atoms with Crippen molar-refractivity contribution in [2.45, 2.75) is 52.2 Å². The molecule has 1 aliphatic heterocycles. The summed E-state index contributed by atoms with van der Waals surface area (Å²) in [6.07, 6.45) is 3.02. The summed E-state index contributed by atoms with van der Waals surface area (Å²) in [6.45, 7) is 7.85. The molecule has 0 aliphatic carbocycles. The van der Waals surface area contributed by atoms with E-state index in [-0.39, 0.29) is 12.1 Å². The van der Waals surface area contributed by atoms with Crippen LogP contribution in [-0.2, 0) is 11.2 Å². The molecule has 0 bridgehead atoms. The predicted octanol–water partition coefficient (Wildman–Crippen LogP) is 3.05. The number of methoxy groups -OCH3 is 1. The molecule has 1 aromatic carbocycles. The van der Waals surface area contributed by atoms with Crippen LogP contribution in [0.2, 0.25) is 0 Å². The van der Waals surface area contributed by atoms with Crippen molar-refractivity contribution in [2.24, 2.45) is 0 Å². The minimum absolute atomic E-state index is 0.0476. The van der Waals surface area contributed by atoms with Gasteiger partial charge in [-0.3, -0.25) is 0 Å². The van der Waals surface area contributed by atoms with Crippen molar-refractivity contribution in [1.82, 2.24) is 10.2 Å². The van der Waals surface area contributed by atoms with Crippen molar-refractivity contribution >= 4 is 6.03 Å². The summed E-state index contributed by atoms with van der Waals surface area (Å²) in [6, 6.07) is 6.74. The average Bonchev–Trinajstić information content (AvgIpc) is 2.46. The smallest absolute Gasteiger partial charge is 0.317 e. The molecule has 122 valence electrons. The van der Waals surface area contributed by atoms with E-state index < -0.39 is 0 Å². The number of hydrogen-bond donors (Lipinski definition) is 1. The number of aryl methyl sites for hydroxylation is 2. The first-order valence-electron chi connectivity index (χ1n) is 8.13. The lowest BCUT2D eigenvalue weighted by Crippen LogP contribution is -2.48. The Morgan fingerprint density at radius 3 is 2.41 bits per heavy atom. The van der Waals surface area contributed by atoms with Gasteiger partial charge in [-0.25, -0.2) is 4.79 Å². The highest BCUT2D eigenvalue weighted by Gasteiger charge is 2.23. The van der Waals surface area contributed by atoms with Crippen LogP contribution in [0.4, 0.5) is 4.79 Å². The number of nitrogens with zero attached hydrogens (tertiary/aromatic N) is 1. The number of piperidine rings is 1. The minimum atomic E-state index is 0.0476. The van der Waals surface area contributed by atoms with Crippen molar-refractivity contribution in [1.29, 1.82) is 0 Å². The normalized spacial score (nSPS) is 17.4. The molecule has 1 aliphatic rings. The second kappa shape index (κ2) is 7.63. The van der Waals surface area contributed by atoms with Gasteiger partial charge in [0.1, 0.15) is 0 Å². The second-order valence-electron chi connectivity index (χ2n) is 6.47. The Morgan fingerprint density at radius 1 is 1.27 bits per heavy atom. The van der Waals surface area contributed by atoms with Crippen molar-refractivity contribution in [3.8, 4) is 0 Å². The van der Waals surface area contributed by atoms with Crippen LogP contribution in [0, 0.1) is 13.8 Å². The highest BCUT2D eigenvalue weighted by atomic mass is 16.5. The third-order valence-electron chi connectivity index (χ3n) is 4.26. The third-order valence-corrected chi connectivity index (χ3v) is 4.26. The third kappa shape index (κ3) is 4.73. The molecule has 1 atom stereocenters. The van der Waals surface area contributed by atoms with E-state index in [2.05, 4.69) is 44.3 Å². The first-order valence-corrected chi connectivity index (χ1v) is 8.13. The lowest BCUT2D eigenvalue weighted by molar-refractivity contribution is 0.0500. The van der Waals surface area contributed by atoms with Crippen molar-refractivity contribution in [2.75, 3.05) is 20.2 Å². The maximum absolute atomic E-state index is 12.3. The van der Waals surface area contributed by atoms with Crippen LogP contribution >= 0.6 is 0 Å². The average molecular weight is 304 g/mol. The molecule has 2 amide bonds. The van der Waals surface area contributed by atoms with Gasteiger partial charge < -0.3 is 15.0 Å². The molecule has 1 fully saturated rings. The molecule has 0 radical (unpaired) electrons. The lowest BCUT2D eigenvalue weighted by Gasteiger charge is -2.32. The molecule has 1 saturated heterocycles. The van der Waals surface area contributed by atoms with Crippen molar-refractivity contribution in [3.63, 3.8) is 0 Å². The minimum Gasteiger partial charge on any atom is -0.381 e. The standard InChI is InChI=1S/C18H28N2O2/c1-13-9-14(2)11-16(10-13)12-15(3)19-18(21)20-7-5-17(22-4)6-8-20/h9-11,15,17H,5-8,12H2,1-4H3,(H,19,21). The van der Waals surface area contributed by atoms with Crippen molar-refractivity contribution < 1.29 is 9.53 Å². The molecule has 1 N–H and O–H groups in total. The number of nitrogens with one attached hydrogen (secondary N) is 1. The van der Waals surface area contributed by atoms with Gasteiger partial charge in [-0.1, -0.05) is 29.3 Å². The van der Waals surface area contributed by atoms with E-state index in [0.717, 1.165) is 32.4 Å². The maximum Gasteiger partial charge on any atom is 0.317 e. The van der Waals surface area contributed by atoms with Gasteiger partial charge in [0.15, 0.2) is 0 Å². The van der Waals surface area contributed by atoms with Gasteiger partial charge in [-0.15, -0.1) is 0 Å². The highest BCUT2D eigenvalue weighted by Crippen LogP contribution is 2.14. The number of benzene rings is 1. The van der Waals surface area contributed by atoms with Crippen LogP contribution in [0.1, 0.15) is 36.5 Å². The number of carbonyl (C=O) groups excluding carboxylic acids is 1. The summed E-state index contributed by atoms with van der Waals surface area (Å²) < 4.78 is 5.34. The molecular formula is C18H28N2O2. The molecule has 22 heavy (non-hydrogen) atoms. The number of amides is 2. The Kier molecular flexibility index (Phi) is 5.83. The van der Waals surface area contributed by atoms with Gasteiger partial charge in [0.25, 0.3) is 0 Å². The zero-order chi connectivity index (χ0) is 16.1. The van der Waals surface area contributed by atoms with E-state index in [1.165, 1.54) is 16.7 Å². The van der Waals surface area contributed by atoms with Crippen LogP contribution in [0.15, 0.2) is 18.2 Å². The van der Waals surface area contributed by atoms with Crippen molar-refractivity contribution in [3.05, 3.63) is 34.9 Å². The molecular weight excluding hydrogens is 276 g/mol. The molecule has 1 heterocycles. The van der Waals surface area contributed by atoms with E-state index in [4.69, 9.17) is 4.74 Å². The van der Waals surface area contributed by atoms with E-state index in [1.807, 2.05) is 4.90 Å². The fraction of sp³-hybridized carbons (Fsp3) is 0.611. The van der Waals surface area contributed by atoms with Crippen LogP contribution in [-0.4, -0.2) is 43.3 Å². The highest BCUT2D eigenvalue weighted by molar-refractivity contribution is 5.74. The fourth-order valence-electron chi connectivity index (χ4n) is 3.19. The zero-order valence-corrected chi connectivity index (χ0v) is 14.2.